The molecular weight excluding hydrogens is 198 g/mol. The van der Waals surface area contributed by atoms with Gasteiger partial charge in [0.2, 0.25) is 0 Å². The first-order valence-electron chi connectivity index (χ1n) is 5.60. The summed E-state index contributed by atoms with van der Waals surface area (Å²) in [5.74, 6) is 0.834. The van der Waals surface area contributed by atoms with E-state index >= 15 is 0 Å². The normalized spacial score (nSPS) is 12.2. The van der Waals surface area contributed by atoms with Gasteiger partial charge in [-0.2, -0.15) is 0 Å². The van der Waals surface area contributed by atoms with Gasteiger partial charge in [-0.1, -0.05) is 33.8 Å². The maximum atomic E-state index is 7.80. The van der Waals surface area contributed by atoms with Crippen LogP contribution in [0.3, 0.4) is 0 Å². The van der Waals surface area contributed by atoms with E-state index in [0.717, 1.165) is 11.4 Å². The second-order valence-electron chi connectivity index (χ2n) is 4.41. The van der Waals surface area contributed by atoms with Crippen molar-refractivity contribution in [2.75, 3.05) is 0 Å². The zero-order valence-electron chi connectivity index (χ0n) is 10.4. The molecule has 1 rings (SSSR count). The molecule has 1 aromatic rings. The number of amidine groups is 1. The molecule has 3 heteroatoms. The summed E-state index contributed by atoms with van der Waals surface area (Å²) in [6.07, 6.45) is 1.76. The van der Waals surface area contributed by atoms with Crippen LogP contribution in [0.5, 0.6) is 0 Å². The first-order chi connectivity index (χ1) is 7.52. The monoisotopic (exact) mass is 217 g/mol. The van der Waals surface area contributed by atoms with E-state index in [1.165, 1.54) is 0 Å². The summed E-state index contributed by atoms with van der Waals surface area (Å²) in [6.45, 7) is 8.09. The van der Waals surface area contributed by atoms with Crippen LogP contribution in [0.25, 0.3) is 0 Å². The molecule has 0 aliphatic carbocycles. The molecule has 0 fully saturated rings. The van der Waals surface area contributed by atoms with Crippen molar-refractivity contribution in [2.24, 2.45) is 16.8 Å². The molecule has 0 radical (unpaired) electrons. The molecule has 0 aliphatic heterocycles. The van der Waals surface area contributed by atoms with Crippen molar-refractivity contribution in [3.8, 4) is 0 Å². The first kappa shape index (κ1) is 12.6. The van der Waals surface area contributed by atoms with Crippen LogP contribution in [0.2, 0.25) is 0 Å². The third-order valence-corrected chi connectivity index (χ3v) is 2.26. The fraction of sp³-hybridized carbons (Fsp3) is 0.462. The van der Waals surface area contributed by atoms with Gasteiger partial charge in [-0.3, -0.25) is 10.4 Å². The Hall–Kier alpha value is -1.51. The molecule has 0 saturated carbocycles. The third-order valence-electron chi connectivity index (χ3n) is 2.26. The number of hydrogen-bond acceptors (Lipinski definition) is 2. The second kappa shape index (κ2) is 5.54. The predicted octanol–water partition coefficient (Wildman–Crippen LogP) is 3.16. The van der Waals surface area contributed by atoms with Crippen LogP contribution >= 0.6 is 0 Å². The highest BCUT2D eigenvalue weighted by Gasteiger charge is 2.11. The van der Waals surface area contributed by atoms with Crippen molar-refractivity contribution < 1.29 is 0 Å². The largest absolute Gasteiger partial charge is 0.286 e. The van der Waals surface area contributed by atoms with Gasteiger partial charge in [-0.25, -0.2) is 4.99 Å². The van der Waals surface area contributed by atoms with Crippen LogP contribution in [0.15, 0.2) is 29.4 Å². The molecule has 1 aromatic heterocycles. The second-order valence-corrected chi connectivity index (χ2v) is 4.41. The van der Waals surface area contributed by atoms with Crippen LogP contribution < -0.4 is 0 Å². The van der Waals surface area contributed by atoms with E-state index < -0.39 is 0 Å². The fourth-order valence-corrected chi connectivity index (χ4v) is 1.26. The lowest BCUT2D eigenvalue weighted by Gasteiger charge is -2.11. The van der Waals surface area contributed by atoms with Gasteiger partial charge in [-0.15, -0.1) is 0 Å². The maximum absolute atomic E-state index is 7.80. The van der Waals surface area contributed by atoms with E-state index in [1.807, 2.05) is 32.0 Å². The lowest BCUT2D eigenvalue weighted by atomic mass is 10.0. The van der Waals surface area contributed by atoms with E-state index in [-0.39, 0.29) is 11.8 Å². The Morgan fingerprint density at radius 1 is 1.19 bits per heavy atom. The Kier molecular flexibility index (Phi) is 4.35. The molecule has 0 atom stereocenters. The standard InChI is InChI=1S/C13H19N3/c1-9(2)12(16-13(14)10(3)4)11-7-5-6-8-15-11/h5-10,14H,1-4H3/b14-13?,16-12+. The first-order valence-corrected chi connectivity index (χ1v) is 5.60. The minimum atomic E-state index is 0.150. The highest BCUT2D eigenvalue weighted by atomic mass is 14.9. The van der Waals surface area contributed by atoms with Gasteiger partial charge < -0.3 is 0 Å². The molecule has 3 nitrogen and oxygen atoms in total. The van der Waals surface area contributed by atoms with Crippen molar-refractivity contribution in [1.82, 2.24) is 4.98 Å². The van der Waals surface area contributed by atoms with Gasteiger partial charge in [0.05, 0.1) is 11.4 Å². The molecule has 0 aliphatic rings. The fourth-order valence-electron chi connectivity index (χ4n) is 1.26. The number of rotatable bonds is 3. The zero-order chi connectivity index (χ0) is 12.1. The molecular formula is C13H19N3. The number of nitrogens with zero attached hydrogens (tertiary/aromatic N) is 2. The van der Waals surface area contributed by atoms with E-state index in [4.69, 9.17) is 5.41 Å². The van der Waals surface area contributed by atoms with Crippen LogP contribution in [0.1, 0.15) is 33.4 Å². The Balaban J connectivity index is 3.06. The van der Waals surface area contributed by atoms with Crippen LogP contribution in [-0.4, -0.2) is 16.5 Å². The minimum absolute atomic E-state index is 0.150. The average molecular weight is 217 g/mol. The number of pyridine rings is 1. The number of hydrogen-bond donors (Lipinski definition) is 1. The summed E-state index contributed by atoms with van der Waals surface area (Å²) in [5, 5.41) is 7.80. The quantitative estimate of drug-likeness (QED) is 0.613. The van der Waals surface area contributed by atoms with Crippen molar-refractivity contribution in [3.63, 3.8) is 0 Å². The summed E-state index contributed by atoms with van der Waals surface area (Å²) in [5.41, 5.74) is 1.75. The Labute approximate surface area is 97.2 Å². The van der Waals surface area contributed by atoms with Gasteiger partial charge in [0, 0.05) is 12.1 Å². The molecule has 0 aromatic carbocycles. The topological polar surface area (TPSA) is 49.1 Å². The average Bonchev–Trinajstić information content (AvgIpc) is 2.26. The summed E-state index contributed by atoms with van der Waals surface area (Å²) in [7, 11) is 0. The van der Waals surface area contributed by atoms with Gasteiger partial charge in [0.25, 0.3) is 0 Å². The Bertz CT molecular complexity index is 377. The summed E-state index contributed by atoms with van der Waals surface area (Å²) >= 11 is 0. The molecule has 0 amide bonds. The lowest BCUT2D eigenvalue weighted by Crippen LogP contribution is -2.15. The Morgan fingerprint density at radius 3 is 2.31 bits per heavy atom. The van der Waals surface area contributed by atoms with Crippen molar-refractivity contribution in [3.05, 3.63) is 30.1 Å². The molecule has 1 N–H and O–H groups in total. The molecule has 0 bridgehead atoms. The van der Waals surface area contributed by atoms with Gasteiger partial charge in [0.1, 0.15) is 5.84 Å². The lowest BCUT2D eigenvalue weighted by molar-refractivity contribution is 0.848. The van der Waals surface area contributed by atoms with Crippen LogP contribution in [0, 0.1) is 17.2 Å². The zero-order valence-corrected chi connectivity index (χ0v) is 10.4. The van der Waals surface area contributed by atoms with Gasteiger partial charge >= 0.3 is 0 Å². The van der Waals surface area contributed by atoms with E-state index in [0.29, 0.717) is 5.84 Å². The van der Waals surface area contributed by atoms with Crippen LogP contribution in [0.4, 0.5) is 0 Å². The predicted molar refractivity (Wildman–Crippen MR) is 68.2 cm³/mol. The summed E-state index contributed by atoms with van der Waals surface area (Å²) < 4.78 is 0. The maximum Gasteiger partial charge on any atom is 0.123 e. The summed E-state index contributed by atoms with van der Waals surface area (Å²) in [6, 6.07) is 5.76. The highest BCUT2D eigenvalue weighted by molar-refractivity contribution is 6.07. The molecule has 1 heterocycles. The van der Waals surface area contributed by atoms with Crippen molar-refractivity contribution in [1.29, 1.82) is 5.41 Å². The number of aromatic nitrogens is 1. The molecule has 16 heavy (non-hydrogen) atoms. The smallest absolute Gasteiger partial charge is 0.123 e. The van der Waals surface area contributed by atoms with Crippen molar-refractivity contribution in [2.45, 2.75) is 27.7 Å². The van der Waals surface area contributed by atoms with E-state index in [9.17, 15) is 0 Å². The number of nitrogens with one attached hydrogen (secondary N) is 1. The Morgan fingerprint density at radius 2 is 1.88 bits per heavy atom. The molecule has 0 unspecified atom stereocenters. The summed E-state index contributed by atoms with van der Waals surface area (Å²) in [4.78, 5) is 8.67. The minimum Gasteiger partial charge on any atom is -0.286 e. The molecule has 86 valence electrons. The van der Waals surface area contributed by atoms with Gasteiger partial charge in [0.15, 0.2) is 0 Å². The van der Waals surface area contributed by atoms with E-state index in [1.54, 1.807) is 6.20 Å². The molecule has 0 saturated heterocycles. The third kappa shape index (κ3) is 3.26. The molecule has 0 spiro atoms. The SMILES string of the molecule is CC(C)C(=N)/N=C(/c1ccccn1)C(C)C. The van der Waals surface area contributed by atoms with Gasteiger partial charge in [-0.05, 0) is 18.1 Å². The highest BCUT2D eigenvalue weighted by Crippen LogP contribution is 2.09. The van der Waals surface area contributed by atoms with E-state index in [2.05, 4.69) is 23.8 Å². The number of aliphatic imine (C=N–C) groups is 1. The van der Waals surface area contributed by atoms with Crippen molar-refractivity contribution >= 4 is 11.5 Å². The van der Waals surface area contributed by atoms with Crippen LogP contribution in [-0.2, 0) is 0 Å².